The molecule has 0 aliphatic carbocycles. The summed E-state index contributed by atoms with van der Waals surface area (Å²) in [6.45, 7) is 3.66. The van der Waals surface area contributed by atoms with Crippen molar-refractivity contribution in [2.75, 3.05) is 26.2 Å². The molecule has 6 nitrogen and oxygen atoms in total. The van der Waals surface area contributed by atoms with Crippen LogP contribution in [-0.2, 0) is 16.1 Å². The second-order valence-electron chi connectivity index (χ2n) is 7.10. The van der Waals surface area contributed by atoms with Crippen LogP contribution in [0.25, 0.3) is 0 Å². The standard InChI is InChI=1S/C20H28N4O2/c25-19(16-24-12-6-2-5-9-20(24)26)22-21-18-10-13-23(14-11-18)15-17-7-3-1-4-8-17/h1,3-4,7-8H,2,5-6,9-16H2,(H,22,25). The Labute approximate surface area is 155 Å². The van der Waals surface area contributed by atoms with Crippen LogP contribution >= 0.6 is 0 Å². The number of hydrogen-bond donors (Lipinski definition) is 1. The lowest BCUT2D eigenvalue weighted by Crippen LogP contribution is -2.40. The molecule has 1 aromatic carbocycles. The van der Waals surface area contributed by atoms with Gasteiger partial charge in [0.25, 0.3) is 5.91 Å². The Morgan fingerprint density at radius 2 is 1.77 bits per heavy atom. The maximum absolute atomic E-state index is 12.1. The number of carbonyl (C=O) groups excluding carboxylic acids is 2. The van der Waals surface area contributed by atoms with E-state index in [1.54, 1.807) is 4.90 Å². The van der Waals surface area contributed by atoms with Crippen molar-refractivity contribution in [1.82, 2.24) is 15.2 Å². The molecule has 3 rings (SSSR count). The molecule has 0 unspecified atom stereocenters. The molecule has 0 spiro atoms. The maximum Gasteiger partial charge on any atom is 0.259 e. The van der Waals surface area contributed by atoms with E-state index in [4.69, 9.17) is 0 Å². The summed E-state index contributed by atoms with van der Waals surface area (Å²) in [7, 11) is 0. The van der Waals surface area contributed by atoms with E-state index >= 15 is 0 Å². The van der Waals surface area contributed by atoms with Crippen molar-refractivity contribution in [2.24, 2.45) is 5.10 Å². The largest absolute Gasteiger partial charge is 0.333 e. The molecule has 0 bridgehead atoms. The number of piperidine rings is 1. The predicted octanol–water partition coefficient (Wildman–Crippen LogP) is 2.16. The zero-order valence-electron chi connectivity index (χ0n) is 15.3. The molecular weight excluding hydrogens is 328 g/mol. The average Bonchev–Trinajstić information content (AvgIpc) is 2.86. The molecule has 6 heteroatoms. The number of carbonyl (C=O) groups is 2. The molecule has 1 aromatic rings. The molecule has 2 heterocycles. The SMILES string of the molecule is O=C(CN1CCCCCC1=O)NN=C1CCN(Cc2ccccc2)CC1. The van der Waals surface area contributed by atoms with Gasteiger partial charge in [0.1, 0.15) is 6.54 Å². The number of amides is 2. The third-order valence-corrected chi connectivity index (χ3v) is 5.03. The fraction of sp³-hybridized carbons (Fsp3) is 0.550. The highest BCUT2D eigenvalue weighted by Gasteiger charge is 2.19. The van der Waals surface area contributed by atoms with Crippen molar-refractivity contribution in [3.63, 3.8) is 0 Å². The summed E-state index contributed by atoms with van der Waals surface area (Å²) in [6, 6.07) is 10.5. The Morgan fingerprint density at radius 3 is 2.54 bits per heavy atom. The third kappa shape index (κ3) is 5.66. The number of hydrazone groups is 1. The van der Waals surface area contributed by atoms with Crippen LogP contribution in [-0.4, -0.2) is 53.5 Å². The van der Waals surface area contributed by atoms with Gasteiger partial charge in [-0.1, -0.05) is 36.8 Å². The monoisotopic (exact) mass is 356 g/mol. The van der Waals surface area contributed by atoms with Gasteiger partial charge in [-0.2, -0.15) is 5.10 Å². The molecule has 2 aliphatic heterocycles. The van der Waals surface area contributed by atoms with Crippen LogP contribution in [0.1, 0.15) is 44.1 Å². The summed E-state index contributed by atoms with van der Waals surface area (Å²) >= 11 is 0. The first-order valence-electron chi connectivity index (χ1n) is 9.59. The van der Waals surface area contributed by atoms with E-state index in [0.717, 1.165) is 57.5 Å². The summed E-state index contributed by atoms with van der Waals surface area (Å²) in [5, 5.41) is 4.29. The van der Waals surface area contributed by atoms with Gasteiger partial charge in [-0.3, -0.25) is 14.5 Å². The molecule has 0 saturated carbocycles. The van der Waals surface area contributed by atoms with Crippen molar-refractivity contribution in [3.8, 4) is 0 Å². The first-order chi connectivity index (χ1) is 12.7. The van der Waals surface area contributed by atoms with E-state index in [1.807, 2.05) is 6.07 Å². The summed E-state index contributed by atoms with van der Waals surface area (Å²) in [5.41, 5.74) is 5.00. The molecule has 2 saturated heterocycles. The Hall–Kier alpha value is -2.21. The average molecular weight is 356 g/mol. The Balaban J connectivity index is 1.40. The second kappa shape index (κ2) is 9.48. The van der Waals surface area contributed by atoms with Crippen LogP contribution in [0.3, 0.4) is 0 Å². The van der Waals surface area contributed by atoms with Gasteiger partial charge in [-0.25, -0.2) is 5.43 Å². The van der Waals surface area contributed by atoms with Crippen molar-refractivity contribution in [1.29, 1.82) is 0 Å². The minimum atomic E-state index is -0.195. The van der Waals surface area contributed by atoms with E-state index in [-0.39, 0.29) is 18.4 Å². The fourth-order valence-corrected chi connectivity index (χ4v) is 3.48. The number of likely N-dealkylation sites (tertiary alicyclic amines) is 2. The number of benzene rings is 1. The topological polar surface area (TPSA) is 65.0 Å². The van der Waals surface area contributed by atoms with Gasteiger partial charge >= 0.3 is 0 Å². The fourth-order valence-electron chi connectivity index (χ4n) is 3.48. The normalized spacial score (nSPS) is 19.2. The van der Waals surface area contributed by atoms with Gasteiger partial charge in [-0.05, 0) is 18.4 Å². The van der Waals surface area contributed by atoms with Crippen LogP contribution in [0.15, 0.2) is 35.4 Å². The first-order valence-corrected chi connectivity index (χ1v) is 9.59. The van der Waals surface area contributed by atoms with E-state index in [1.165, 1.54) is 5.56 Å². The van der Waals surface area contributed by atoms with Crippen LogP contribution in [0.5, 0.6) is 0 Å². The maximum atomic E-state index is 12.1. The highest BCUT2D eigenvalue weighted by molar-refractivity contribution is 5.88. The third-order valence-electron chi connectivity index (χ3n) is 5.03. The van der Waals surface area contributed by atoms with Crippen molar-refractivity contribution in [3.05, 3.63) is 35.9 Å². The van der Waals surface area contributed by atoms with Gasteiger partial charge < -0.3 is 4.90 Å². The van der Waals surface area contributed by atoms with Crippen LogP contribution in [0, 0.1) is 0 Å². The smallest absolute Gasteiger partial charge is 0.259 e. The lowest BCUT2D eigenvalue weighted by Gasteiger charge is -2.27. The highest BCUT2D eigenvalue weighted by Crippen LogP contribution is 2.12. The number of nitrogens with one attached hydrogen (secondary N) is 1. The second-order valence-corrected chi connectivity index (χ2v) is 7.10. The lowest BCUT2D eigenvalue weighted by atomic mass is 10.1. The number of nitrogens with zero attached hydrogens (tertiary/aromatic N) is 3. The molecule has 0 atom stereocenters. The zero-order chi connectivity index (χ0) is 18.2. The van der Waals surface area contributed by atoms with Crippen LogP contribution in [0.4, 0.5) is 0 Å². The first kappa shape index (κ1) is 18.6. The van der Waals surface area contributed by atoms with E-state index in [9.17, 15) is 9.59 Å². The molecule has 2 aliphatic rings. The highest BCUT2D eigenvalue weighted by atomic mass is 16.2. The van der Waals surface area contributed by atoms with Crippen molar-refractivity contribution < 1.29 is 9.59 Å². The van der Waals surface area contributed by atoms with Gasteiger partial charge in [0, 0.05) is 51.2 Å². The Kier molecular flexibility index (Phi) is 6.77. The van der Waals surface area contributed by atoms with Gasteiger partial charge in [0.2, 0.25) is 5.91 Å². The molecule has 1 N–H and O–H groups in total. The molecule has 0 radical (unpaired) electrons. The molecule has 0 aromatic heterocycles. The number of rotatable bonds is 5. The van der Waals surface area contributed by atoms with Gasteiger partial charge in [0.15, 0.2) is 0 Å². The summed E-state index contributed by atoms with van der Waals surface area (Å²) in [5.74, 6) is -0.112. The van der Waals surface area contributed by atoms with E-state index in [2.05, 4.69) is 39.7 Å². The van der Waals surface area contributed by atoms with Gasteiger partial charge in [-0.15, -0.1) is 0 Å². The summed E-state index contributed by atoms with van der Waals surface area (Å²) in [6.07, 6.45) is 5.26. The number of hydrogen-bond acceptors (Lipinski definition) is 4. The van der Waals surface area contributed by atoms with Crippen LogP contribution < -0.4 is 5.43 Å². The minimum absolute atomic E-state index is 0.0829. The summed E-state index contributed by atoms with van der Waals surface area (Å²) < 4.78 is 0. The van der Waals surface area contributed by atoms with Crippen molar-refractivity contribution in [2.45, 2.75) is 45.1 Å². The van der Waals surface area contributed by atoms with Crippen molar-refractivity contribution >= 4 is 17.5 Å². The molecule has 2 fully saturated rings. The molecule has 2 amide bonds. The molecular formula is C20H28N4O2. The van der Waals surface area contributed by atoms with E-state index < -0.39 is 0 Å². The van der Waals surface area contributed by atoms with Crippen LogP contribution in [0.2, 0.25) is 0 Å². The molecule has 140 valence electrons. The minimum Gasteiger partial charge on any atom is -0.333 e. The molecule has 26 heavy (non-hydrogen) atoms. The van der Waals surface area contributed by atoms with Gasteiger partial charge in [0.05, 0.1) is 0 Å². The predicted molar refractivity (Wildman–Crippen MR) is 102 cm³/mol. The Bertz CT molecular complexity index is 634. The Morgan fingerprint density at radius 1 is 1.00 bits per heavy atom. The summed E-state index contributed by atoms with van der Waals surface area (Å²) in [4.78, 5) is 28.1. The zero-order valence-corrected chi connectivity index (χ0v) is 15.3. The van der Waals surface area contributed by atoms with E-state index in [0.29, 0.717) is 13.0 Å². The lowest BCUT2D eigenvalue weighted by molar-refractivity contribution is -0.135. The quantitative estimate of drug-likeness (QED) is 0.822.